The van der Waals surface area contributed by atoms with E-state index >= 15 is 0 Å². The average molecular weight is 355 g/mol. The Morgan fingerprint density at radius 1 is 1.08 bits per heavy atom. The molecule has 25 heavy (non-hydrogen) atoms. The van der Waals surface area contributed by atoms with Crippen LogP contribution in [0.5, 0.6) is 0 Å². The molecule has 3 aromatic rings. The van der Waals surface area contributed by atoms with Crippen LogP contribution in [0, 0.1) is 0 Å². The molecular formula is C17H17N5O2S. The van der Waals surface area contributed by atoms with Crippen molar-refractivity contribution in [3.63, 3.8) is 0 Å². The molecule has 3 aromatic heterocycles. The number of nitrogens with zero attached hydrogens (tertiary/aromatic N) is 4. The molecule has 1 aliphatic heterocycles. The first-order valence-electron chi connectivity index (χ1n) is 8.01. The molecule has 0 atom stereocenters. The lowest BCUT2D eigenvalue weighted by molar-refractivity contribution is 0.208. The van der Waals surface area contributed by atoms with Crippen LogP contribution in [0.2, 0.25) is 0 Å². The Balaban J connectivity index is 1.34. The minimum absolute atomic E-state index is 0.0543. The van der Waals surface area contributed by atoms with E-state index in [-0.39, 0.29) is 6.03 Å². The Morgan fingerprint density at radius 3 is 2.60 bits per heavy atom. The molecule has 0 aliphatic carbocycles. The van der Waals surface area contributed by atoms with Crippen LogP contribution in [0.25, 0.3) is 11.5 Å². The van der Waals surface area contributed by atoms with Gasteiger partial charge in [0.1, 0.15) is 5.69 Å². The fraction of sp³-hybridized carbons (Fsp3) is 0.235. The fourth-order valence-corrected chi connectivity index (χ4v) is 3.33. The van der Waals surface area contributed by atoms with Gasteiger partial charge in [0.05, 0.1) is 11.3 Å². The van der Waals surface area contributed by atoms with E-state index in [1.165, 1.54) is 11.3 Å². The Labute approximate surface area is 148 Å². The Bertz CT molecular complexity index is 809. The molecule has 1 aliphatic rings. The second-order valence-electron chi connectivity index (χ2n) is 5.64. The van der Waals surface area contributed by atoms with Crippen molar-refractivity contribution in [1.29, 1.82) is 0 Å². The number of anilines is 2. The van der Waals surface area contributed by atoms with Crippen LogP contribution in [0.4, 0.5) is 15.6 Å². The zero-order valence-corrected chi connectivity index (χ0v) is 14.3. The molecule has 1 fully saturated rings. The van der Waals surface area contributed by atoms with Crippen molar-refractivity contribution in [1.82, 2.24) is 15.1 Å². The van der Waals surface area contributed by atoms with Gasteiger partial charge in [0.15, 0.2) is 11.6 Å². The van der Waals surface area contributed by atoms with Crippen molar-refractivity contribution < 1.29 is 9.21 Å². The molecule has 1 N–H and O–H groups in total. The predicted molar refractivity (Wildman–Crippen MR) is 96.9 cm³/mol. The quantitative estimate of drug-likeness (QED) is 0.781. The number of carbonyl (C=O) groups excluding carboxylic acids is 1. The lowest BCUT2D eigenvalue weighted by atomic mass is 10.3. The molecule has 0 unspecified atom stereocenters. The highest BCUT2D eigenvalue weighted by Gasteiger charge is 2.22. The number of piperazine rings is 1. The van der Waals surface area contributed by atoms with Gasteiger partial charge < -0.3 is 14.2 Å². The molecule has 128 valence electrons. The lowest BCUT2D eigenvalue weighted by Gasteiger charge is -2.35. The number of hydrogen-bond acceptors (Lipinski definition) is 6. The molecule has 0 bridgehead atoms. The van der Waals surface area contributed by atoms with E-state index in [1.807, 2.05) is 46.7 Å². The van der Waals surface area contributed by atoms with Crippen molar-refractivity contribution in [2.24, 2.45) is 0 Å². The van der Waals surface area contributed by atoms with Crippen LogP contribution < -0.4 is 10.2 Å². The van der Waals surface area contributed by atoms with Gasteiger partial charge in [-0.15, -0.1) is 21.5 Å². The largest absolute Gasteiger partial charge is 0.463 e. The van der Waals surface area contributed by atoms with Crippen molar-refractivity contribution >= 4 is 28.2 Å². The van der Waals surface area contributed by atoms with Gasteiger partial charge in [-0.1, -0.05) is 0 Å². The third-order valence-electron chi connectivity index (χ3n) is 4.07. The number of carbonyl (C=O) groups is 1. The number of amides is 2. The fourth-order valence-electron chi connectivity index (χ4n) is 2.72. The molecule has 7 nitrogen and oxygen atoms in total. The summed E-state index contributed by atoms with van der Waals surface area (Å²) in [6.45, 7) is 2.76. The van der Waals surface area contributed by atoms with Crippen LogP contribution in [0.15, 0.2) is 52.5 Å². The summed E-state index contributed by atoms with van der Waals surface area (Å²) in [6.07, 6.45) is 1.62. The van der Waals surface area contributed by atoms with E-state index in [9.17, 15) is 4.79 Å². The molecule has 2 amide bonds. The second-order valence-corrected chi connectivity index (χ2v) is 6.58. The van der Waals surface area contributed by atoms with Crippen LogP contribution in [-0.2, 0) is 0 Å². The molecule has 0 spiro atoms. The summed E-state index contributed by atoms with van der Waals surface area (Å²) in [4.78, 5) is 16.2. The van der Waals surface area contributed by atoms with Crippen LogP contribution in [0.3, 0.4) is 0 Å². The van der Waals surface area contributed by atoms with Crippen LogP contribution in [0.1, 0.15) is 0 Å². The van der Waals surface area contributed by atoms with Gasteiger partial charge in [-0.25, -0.2) is 4.79 Å². The van der Waals surface area contributed by atoms with Crippen molar-refractivity contribution in [2.45, 2.75) is 0 Å². The first kappa shape index (κ1) is 15.6. The number of rotatable bonds is 3. The highest BCUT2D eigenvalue weighted by molar-refractivity contribution is 7.14. The molecule has 0 saturated carbocycles. The molecule has 0 radical (unpaired) electrons. The van der Waals surface area contributed by atoms with E-state index in [0.29, 0.717) is 24.5 Å². The highest BCUT2D eigenvalue weighted by atomic mass is 32.1. The third kappa shape index (κ3) is 3.48. The molecule has 1 saturated heterocycles. The molecule has 4 rings (SSSR count). The number of thiophene rings is 1. The summed E-state index contributed by atoms with van der Waals surface area (Å²) in [5, 5.41) is 14.2. The molecular weight excluding hydrogens is 338 g/mol. The van der Waals surface area contributed by atoms with Gasteiger partial charge in [-0.05, 0) is 41.8 Å². The predicted octanol–water partition coefficient (Wildman–Crippen LogP) is 3.15. The molecule has 4 heterocycles. The Morgan fingerprint density at radius 2 is 1.96 bits per heavy atom. The zero-order chi connectivity index (χ0) is 17.1. The number of hydrogen-bond donors (Lipinski definition) is 1. The monoisotopic (exact) mass is 355 g/mol. The zero-order valence-electron chi connectivity index (χ0n) is 13.5. The normalized spacial score (nSPS) is 14.6. The maximum Gasteiger partial charge on any atom is 0.322 e. The number of nitrogens with one attached hydrogen (secondary N) is 1. The number of urea groups is 1. The minimum Gasteiger partial charge on any atom is -0.463 e. The highest BCUT2D eigenvalue weighted by Crippen LogP contribution is 2.20. The Kier molecular flexibility index (Phi) is 4.34. The summed E-state index contributed by atoms with van der Waals surface area (Å²) in [5.74, 6) is 1.52. The summed E-state index contributed by atoms with van der Waals surface area (Å²) in [6, 6.07) is 11.3. The number of aromatic nitrogens is 2. The minimum atomic E-state index is -0.0543. The smallest absolute Gasteiger partial charge is 0.322 e. The third-order valence-corrected chi connectivity index (χ3v) is 4.85. The summed E-state index contributed by atoms with van der Waals surface area (Å²) in [7, 11) is 0. The average Bonchev–Trinajstić information content (AvgIpc) is 3.36. The lowest BCUT2D eigenvalue weighted by Crippen LogP contribution is -2.50. The first-order valence-corrected chi connectivity index (χ1v) is 8.89. The topological polar surface area (TPSA) is 74.5 Å². The van der Waals surface area contributed by atoms with Gasteiger partial charge >= 0.3 is 6.03 Å². The van der Waals surface area contributed by atoms with E-state index < -0.39 is 0 Å². The Hall–Kier alpha value is -2.87. The first-order chi connectivity index (χ1) is 12.3. The SMILES string of the molecule is O=C(Nc1cccs1)N1CCN(c2ccc(-c3ccco3)nn2)CC1. The van der Waals surface area contributed by atoms with E-state index in [4.69, 9.17) is 4.42 Å². The number of furan rings is 1. The molecule has 0 aromatic carbocycles. The maximum atomic E-state index is 12.2. The van der Waals surface area contributed by atoms with E-state index in [2.05, 4.69) is 20.4 Å². The standard InChI is InChI=1S/C17H17N5O2S/c23-17(18-16-4-2-12-25-16)22-9-7-21(8-10-22)15-6-5-13(19-20-15)14-3-1-11-24-14/h1-6,11-12H,7-10H2,(H,18,23). The summed E-state index contributed by atoms with van der Waals surface area (Å²) >= 11 is 1.52. The van der Waals surface area contributed by atoms with Crippen molar-refractivity contribution in [3.05, 3.63) is 48.0 Å². The van der Waals surface area contributed by atoms with Crippen molar-refractivity contribution in [3.8, 4) is 11.5 Å². The van der Waals surface area contributed by atoms with Gasteiger partial charge in [-0.2, -0.15) is 0 Å². The van der Waals surface area contributed by atoms with Gasteiger partial charge in [0.25, 0.3) is 0 Å². The second kappa shape index (κ2) is 6.94. The van der Waals surface area contributed by atoms with E-state index in [0.717, 1.165) is 23.9 Å². The van der Waals surface area contributed by atoms with Crippen LogP contribution >= 0.6 is 11.3 Å². The summed E-state index contributed by atoms with van der Waals surface area (Å²) in [5.41, 5.74) is 0.711. The van der Waals surface area contributed by atoms with Gasteiger partial charge in [-0.3, -0.25) is 5.32 Å². The van der Waals surface area contributed by atoms with E-state index in [1.54, 1.807) is 6.26 Å². The van der Waals surface area contributed by atoms with Gasteiger partial charge in [0.2, 0.25) is 0 Å². The maximum absolute atomic E-state index is 12.2. The van der Waals surface area contributed by atoms with Gasteiger partial charge in [0, 0.05) is 26.2 Å². The summed E-state index contributed by atoms with van der Waals surface area (Å²) < 4.78 is 5.32. The van der Waals surface area contributed by atoms with Crippen molar-refractivity contribution in [2.75, 3.05) is 36.4 Å². The molecule has 8 heteroatoms. The van der Waals surface area contributed by atoms with Crippen LogP contribution in [-0.4, -0.2) is 47.3 Å².